The third kappa shape index (κ3) is 4.39. The Morgan fingerprint density at radius 1 is 0.364 bits per heavy atom. The van der Waals surface area contributed by atoms with Crippen molar-refractivity contribution in [2.24, 2.45) is 0 Å². The van der Waals surface area contributed by atoms with Crippen LogP contribution in [-0.2, 0) is 0 Å². The summed E-state index contributed by atoms with van der Waals surface area (Å²) in [6.07, 6.45) is 0. The van der Waals surface area contributed by atoms with E-state index >= 15 is 0 Å². The van der Waals surface area contributed by atoms with Crippen LogP contribution in [0.15, 0.2) is 176 Å². The van der Waals surface area contributed by atoms with Gasteiger partial charge in [0.1, 0.15) is 0 Å². The van der Waals surface area contributed by atoms with Gasteiger partial charge in [-0.2, -0.15) is 10.5 Å². The first-order valence-corrected chi connectivity index (χ1v) is 18.3. The summed E-state index contributed by atoms with van der Waals surface area (Å²) in [5, 5.41) is 27.3. The number of hydrogen-bond donors (Lipinski definition) is 0. The van der Waals surface area contributed by atoms with Crippen LogP contribution in [0.1, 0.15) is 11.1 Å². The van der Waals surface area contributed by atoms with E-state index < -0.39 is 0 Å². The number of para-hydroxylation sites is 5. The first-order valence-electron chi connectivity index (χ1n) is 18.3. The molecule has 3 heterocycles. The molecule has 11 rings (SSSR count). The van der Waals surface area contributed by atoms with Gasteiger partial charge in [0.05, 0.1) is 67.7 Å². The van der Waals surface area contributed by atoms with E-state index in [0.717, 1.165) is 82.8 Å². The van der Waals surface area contributed by atoms with E-state index in [1.165, 1.54) is 10.8 Å². The number of fused-ring (bicyclic) bond motifs is 9. The van der Waals surface area contributed by atoms with Crippen LogP contribution < -0.4 is 0 Å². The quantitative estimate of drug-likeness (QED) is 0.184. The highest BCUT2D eigenvalue weighted by Gasteiger charge is 2.23. The maximum Gasteiger partial charge on any atom is 0.0998 e. The molecule has 0 N–H and O–H groups in total. The smallest absolute Gasteiger partial charge is 0.0998 e. The number of nitriles is 2. The van der Waals surface area contributed by atoms with Gasteiger partial charge in [-0.05, 0) is 78.4 Å². The Hall–Kier alpha value is -7.86. The van der Waals surface area contributed by atoms with Crippen molar-refractivity contribution in [3.63, 3.8) is 0 Å². The van der Waals surface area contributed by atoms with Crippen LogP contribution in [0, 0.1) is 22.7 Å². The van der Waals surface area contributed by atoms with Gasteiger partial charge in [0.15, 0.2) is 0 Å². The van der Waals surface area contributed by atoms with Crippen LogP contribution >= 0.6 is 0 Å². The fourth-order valence-corrected chi connectivity index (χ4v) is 8.83. The number of aromatic nitrogens is 3. The van der Waals surface area contributed by atoms with Crippen molar-refractivity contribution >= 4 is 65.4 Å². The highest BCUT2D eigenvalue weighted by atomic mass is 15.1. The van der Waals surface area contributed by atoms with Gasteiger partial charge in [0.25, 0.3) is 0 Å². The molecule has 5 heteroatoms. The fourth-order valence-electron chi connectivity index (χ4n) is 8.83. The molecule has 0 radical (unpaired) electrons. The minimum atomic E-state index is 0.603. The second kappa shape index (κ2) is 11.8. The van der Waals surface area contributed by atoms with Crippen LogP contribution in [0.3, 0.4) is 0 Å². The minimum Gasteiger partial charge on any atom is -0.309 e. The third-order valence-electron chi connectivity index (χ3n) is 11.1. The molecule has 0 aliphatic rings. The van der Waals surface area contributed by atoms with Gasteiger partial charge in [-0.25, -0.2) is 0 Å². The number of rotatable bonds is 4. The summed E-state index contributed by atoms with van der Waals surface area (Å²) < 4.78 is 6.97. The molecule has 0 bridgehead atoms. The Bertz CT molecular complexity index is 3400. The number of benzene rings is 8. The molecule has 0 amide bonds. The Morgan fingerprint density at radius 2 is 0.873 bits per heavy atom. The molecule has 5 nitrogen and oxygen atoms in total. The Balaban J connectivity index is 1.19. The first-order chi connectivity index (χ1) is 27.2. The van der Waals surface area contributed by atoms with Crippen molar-refractivity contribution in [1.82, 2.24) is 13.7 Å². The largest absolute Gasteiger partial charge is 0.309 e. The summed E-state index contributed by atoms with van der Waals surface area (Å²) in [5.41, 5.74) is 12.5. The Labute approximate surface area is 316 Å². The zero-order chi connectivity index (χ0) is 36.6. The van der Waals surface area contributed by atoms with Crippen molar-refractivity contribution in [1.29, 1.82) is 10.5 Å². The fraction of sp³-hybridized carbons (Fsp3) is 0. The van der Waals surface area contributed by atoms with E-state index in [2.05, 4.69) is 177 Å². The van der Waals surface area contributed by atoms with Crippen LogP contribution in [0.25, 0.3) is 93.6 Å². The van der Waals surface area contributed by atoms with Crippen molar-refractivity contribution in [3.05, 3.63) is 187 Å². The lowest BCUT2D eigenvalue weighted by atomic mass is 9.97. The summed E-state index contributed by atoms with van der Waals surface area (Å²) in [6, 6.07) is 65.9. The van der Waals surface area contributed by atoms with Crippen LogP contribution in [-0.4, -0.2) is 13.7 Å². The normalized spacial score (nSPS) is 11.6. The lowest BCUT2D eigenvalue weighted by Crippen LogP contribution is -2.03. The second-order valence-electron chi connectivity index (χ2n) is 14.0. The lowest BCUT2D eigenvalue weighted by Gasteiger charge is -2.18. The second-order valence-corrected chi connectivity index (χ2v) is 14.0. The van der Waals surface area contributed by atoms with Crippen molar-refractivity contribution in [3.8, 4) is 40.3 Å². The highest BCUT2D eigenvalue weighted by molar-refractivity contribution is 6.15. The van der Waals surface area contributed by atoms with E-state index in [1.54, 1.807) is 0 Å². The van der Waals surface area contributed by atoms with E-state index in [4.69, 9.17) is 0 Å². The molecule has 3 aromatic heterocycles. The van der Waals surface area contributed by atoms with E-state index in [9.17, 15) is 10.5 Å². The number of nitrogens with zero attached hydrogens (tertiary/aromatic N) is 5. The monoisotopic (exact) mass is 699 g/mol. The summed E-state index contributed by atoms with van der Waals surface area (Å²) in [4.78, 5) is 0. The minimum absolute atomic E-state index is 0.603. The lowest BCUT2D eigenvalue weighted by molar-refractivity contribution is 1.13. The number of hydrogen-bond acceptors (Lipinski definition) is 2. The molecular formula is C50H29N5. The molecule has 0 unspecified atom stereocenters. The maximum atomic E-state index is 10.7. The summed E-state index contributed by atoms with van der Waals surface area (Å²) in [7, 11) is 0. The molecule has 0 aliphatic carbocycles. The van der Waals surface area contributed by atoms with Crippen LogP contribution in [0.2, 0.25) is 0 Å². The summed E-state index contributed by atoms with van der Waals surface area (Å²) in [5.74, 6) is 0. The van der Waals surface area contributed by atoms with Gasteiger partial charge in [-0.3, -0.25) is 0 Å². The summed E-state index contributed by atoms with van der Waals surface area (Å²) >= 11 is 0. The molecule has 0 saturated carbocycles. The molecule has 8 aromatic carbocycles. The zero-order valence-electron chi connectivity index (χ0n) is 29.5. The van der Waals surface area contributed by atoms with Gasteiger partial charge >= 0.3 is 0 Å². The molecule has 55 heavy (non-hydrogen) atoms. The predicted octanol–water partition coefficient (Wildman–Crippen LogP) is 12.4. The van der Waals surface area contributed by atoms with Gasteiger partial charge in [0.2, 0.25) is 0 Å². The summed E-state index contributed by atoms with van der Waals surface area (Å²) in [6.45, 7) is 0. The van der Waals surface area contributed by atoms with Gasteiger partial charge in [0, 0.05) is 43.6 Å². The van der Waals surface area contributed by atoms with Crippen molar-refractivity contribution < 1.29 is 0 Å². The molecule has 0 aliphatic heterocycles. The average Bonchev–Trinajstić information content (AvgIpc) is 3.89. The standard InChI is InChI=1S/C50H29N5/c51-30-32-23-28-46-41(29-32)39-15-4-7-19-44(39)54(46)48-22-10-16-40-38-14-3-8-20-45(38)55(50(40)48)47-21-9-11-34(31-52)49(47)33-24-26-35(27-25-33)53-42-17-5-1-12-36(42)37-13-2-6-18-43(37)53/h1-29H. The molecule has 254 valence electrons. The van der Waals surface area contributed by atoms with Crippen LogP contribution in [0.4, 0.5) is 0 Å². The SMILES string of the molecule is N#Cc1ccc2c(c1)c1ccccc1n2-c1cccc2c3ccccc3n(-c3cccc(C#N)c3-c3ccc(-n4c5ccccc5c5ccccc54)cc3)c12. The Morgan fingerprint density at radius 3 is 1.51 bits per heavy atom. The van der Waals surface area contributed by atoms with Gasteiger partial charge in [-0.15, -0.1) is 0 Å². The van der Waals surface area contributed by atoms with Crippen molar-refractivity contribution in [2.45, 2.75) is 0 Å². The predicted molar refractivity (Wildman–Crippen MR) is 224 cm³/mol. The van der Waals surface area contributed by atoms with Gasteiger partial charge < -0.3 is 13.7 Å². The average molecular weight is 700 g/mol. The van der Waals surface area contributed by atoms with Crippen LogP contribution in [0.5, 0.6) is 0 Å². The van der Waals surface area contributed by atoms with E-state index in [-0.39, 0.29) is 0 Å². The molecule has 0 spiro atoms. The molecule has 0 fully saturated rings. The molecule has 11 aromatic rings. The maximum absolute atomic E-state index is 10.7. The van der Waals surface area contributed by atoms with Gasteiger partial charge in [-0.1, -0.05) is 103 Å². The van der Waals surface area contributed by atoms with E-state index in [0.29, 0.717) is 11.1 Å². The van der Waals surface area contributed by atoms with Crippen molar-refractivity contribution in [2.75, 3.05) is 0 Å². The third-order valence-corrected chi connectivity index (χ3v) is 11.1. The molecular weight excluding hydrogens is 671 g/mol. The molecule has 0 saturated heterocycles. The molecule has 0 atom stereocenters. The van der Waals surface area contributed by atoms with E-state index in [1.807, 2.05) is 24.3 Å². The zero-order valence-corrected chi connectivity index (χ0v) is 29.5. The first kappa shape index (κ1) is 30.7. The highest BCUT2D eigenvalue weighted by Crippen LogP contribution is 2.42. The topological polar surface area (TPSA) is 62.4 Å². The Kier molecular flexibility index (Phi) is 6.61.